The van der Waals surface area contributed by atoms with Gasteiger partial charge in [0.25, 0.3) is 0 Å². The summed E-state index contributed by atoms with van der Waals surface area (Å²) in [6, 6.07) is 6.11. The zero-order valence-corrected chi connectivity index (χ0v) is 13.5. The highest BCUT2D eigenvalue weighted by Crippen LogP contribution is 2.53. The van der Waals surface area contributed by atoms with Gasteiger partial charge in [0.05, 0.1) is 17.3 Å². The molecule has 2 aliphatic heterocycles. The number of fused-ring (bicyclic) bond motifs is 4. The molecular weight excluding hydrogens is 272 g/mol. The Morgan fingerprint density at radius 1 is 1.09 bits per heavy atom. The number of rotatable bonds is 0. The number of aromatic hydroxyl groups is 1. The molecule has 3 aliphatic rings. The van der Waals surface area contributed by atoms with Crippen LogP contribution in [0.15, 0.2) is 48.1 Å². The second-order valence-corrected chi connectivity index (χ2v) is 6.98. The predicted molar refractivity (Wildman–Crippen MR) is 90.8 cm³/mol. The van der Waals surface area contributed by atoms with Gasteiger partial charge in [0.15, 0.2) is 0 Å². The molecule has 1 aromatic carbocycles. The molecule has 0 amide bonds. The lowest BCUT2D eigenvalue weighted by atomic mass is 9.76. The SMILES string of the molecule is CN1C2=C(C3C=CC=CC31)C(C)(C)N(C)c1cc(O)ccc12. The van der Waals surface area contributed by atoms with Gasteiger partial charge in [0.1, 0.15) is 5.75 Å². The van der Waals surface area contributed by atoms with Crippen molar-refractivity contribution < 1.29 is 5.11 Å². The number of phenolic OH excluding ortho intramolecular Hbond substituents is 1. The van der Waals surface area contributed by atoms with E-state index in [1.54, 1.807) is 6.07 Å². The molecule has 114 valence electrons. The first kappa shape index (κ1) is 13.5. The first-order valence-electron chi connectivity index (χ1n) is 7.82. The van der Waals surface area contributed by atoms with Gasteiger partial charge in [-0.2, -0.15) is 0 Å². The maximum atomic E-state index is 9.91. The Kier molecular flexibility index (Phi) is 2.57. The molecule has 0 radical (unpaired) electrons. The highest BCUT2D eigenvalue weighted by atomic mass is 16.3. The number of phenols is 1. The van der Waals surface area contributed by atoms with Gasteiger partial charge in [-0.15, -0.1) is 0 Å². The van der Waals surface area contributed by atoms with Crippen LogP contribution in [0.25, 0.3) is 5.70 Å². The predicted octanol–water partition coefficient (Wildman–Crippen LogP) is 3.39. The average molecular weight is 294 g/mol. The van der Waals surface area contributed by atoms with E-state index in [2.05, 4.69) is 62.0 Å². The van der Waals surface area contributed by atoms with Crippen molar-refractivity contribution in [2.45, 2.75) is 25.4 Å². The molecule has 0 spiro atoms. The summed E-state index contributed by atoms with van der Waals surface area (Å²) in [4.78, 5) is 4.69. The van der Waals surface area contributed by atoms with E-state index in [1.807, 2.05) is 12.1 Å². The van der Waals surface area contributed by atoms with Crippen LogP contribution in [0, 0.1) is 5.92 Å². The van der Waals surface area contributed by atoms with E-state index in [-0.39, 0.29) is 5.54 Å². The molecule has 2 heterocycles. The molecule has 3 heteroatoms. The van der Waals surface area contributed by atoms with Gasteiger partial charge in [-0.05, 0) is 31.6 Å². The second kappa shape index (κ2) is 4.19. The van der Waals surface area contributed by atoms with Gasteiger partial charge in [0, 0.05) is 37.3 Å². The van der Waals surface area contributed by atoms with Crippen molar-refractivity contribution in [1.82, 2.24) is 4.90 Å². The van der Waals surface area contributed by atoms with Gasteiger partial charge in [-0.25, -0.2) is 0 Å². The minimum atomic E-state index is -0.0840. The van der Waals surface area contributed by atoms with Crippen molar-refractivity contribution in [1.29, 1.82) is 0 Å². The van der Waals surface area contributed by atoms with E-state index in [0.29, 0.717) is 17.7 Å². The Balaban J connectivity index is 2.01. The summed E-state index contributed by atoms with van der Waals surface area (Å²) in [5.41, 5.74) is 5.03. The monoisotopic (exact) mass is 294 g/mol. The average Bonchev–Trinajstić information content (AvgIpc) is 2.80. The van der Waals surface area contributed by atoms with Gasteiger partial charge in [-0.3, -0.25) is 0 Å². The first-order chi connectivity index (χ1) is 10.4. The Morgan fingerprint density at radius 3 is 2.59 bits per heavy atom. The lowest BCUT2D eigenvalue weighted by Crippen LogP contribution is -2.47. The smallest absolute Gasteiger partial charge is 0.117 e. The van der Waals surface area contributed by atoms with Crippen molar-refractivity contribution in [3.63, 3.8) is 0 Å². The molecule has 2 atom stereocenters. The van der Waals surface area contributed by atoms with E-state index < -0.39 is 0 Å². The third-order valence-corrected chi connectivity index (χ3v) is 5.59. The van der Waals surface area contributed by atoms with Gasteiger partial charge in [-0.1, -0.05) is 24.3 Å². The molecule has 1 aliphatic carbocycles. The van der Waals surface area contributed by atoms with E-state index >= 15 is 0 Å². The van der Waals surface area contributed by atoms with Crippen molar-refractivity contribution in [2.75, 3.05) is 19.0 Å². The lowest BCUT2D eigenvalue weighted by Gasteiger charge is -2.45. The summed E-state index contributed by atoms with van der Waals surface area (Å²) < 4.78 is 0. The van der Waals surface area contributed by atoms with Crippen LogP contribution >= 0.6 is 0 Å². The number of benzene rings is 1. The van der Waals surface area contributed by atoms with E-state index in [9.17, 15) is 5.11 Å². The third-order valence-electron chi connectivity index (χ3n) is 5.59. The van der Waals surface area contributed by atoms with Crippen molar-refractivity contribution in [2.24, 2.45) is 5.92 Å². The molecule has 0 aromatic heterocycles. The zero-order chi connectivity index (χ0) is 15.6. The van der Waals surface area contributed by atoms with Crippen LogP contribution in [-0.2, 0) is 0 Å². The summed E-state index contributed by atoms with van der Waals surface area (Å²) in [5.74, 6) is 0.743. The van der Waals surface area contributed by atoms with E-state index in [1.165, 1.54) is 16.8 Å². The van der Waals surface area contributed by atoms with Crippen molar-refractivity contribution in [3.05, 3.63) is 53.6 Å². The summed E-state index contributed by atoms with van der Waals surface area (Å²) in [6.07, 6.45) is 8.92. The first-order valence-corrected chi connectivity index (χ1v) is 7.82. The fourth-order valence-corrected chi connectivity index (χ4v) is 4.24. The molecule has 0 fully saturated rings. The standard InChI is InChI=1S/C19H22N2O/c1-19(2)17-13-7-5-6-8-15(13)20(3)18(17)14-10-9-12(22)11-16(14)21(19)4/h5-11,13,15,22H,1-4H3. The van der Waals surface area contributed by atoms with Crippen molar-refractivity contribution >= 4 is 11.4 Å². The van der Waals surface area contributed by atoms with Crippen LogP contribution in [0.3, 0.4) is 0 Å². The van der Waals surface area contributed by atoms with Gasteiger partial charge < -0.3 is 14.9 Å². The molecule has 1 aromatic rings. The highest BCUT2D eigenvalue weighted by Gasteiger charge is 2.48. The molecule has 0 saturated carbocycles. The number of likely N-dealkylation sites (N-methyl/N-ethyl adjacent to an activating group) is 2. The van der Waals surface area contributed by atoms with Gasteiger partial charge in [0.2, 0.25) is 0 Å². The van der Waals surface area contributed by atoms with E-state index in [0.717, 1.165) is 5.69 Å². The molecule has 0 saturated heterocycles. The normalized spacial score (nSPS) is 27.8. The summed E-state index contributed by atoms with van der Waals surface area (Å²) in [5, 5.41) is 9.91. The maximum absolute atomic E-state index is 9.91. The fraction of sp³-hybridized carbons (Fsp3) is 0.368. The lowest BCUT2D eigenvalue weighted by molar-refractivity contribution is 0.385. The third kappa shape index (κ3) is 1.51. The molecule has 3 nitrogen and oxygen atoms in total. The second-order valence-electron chi connectivity index (χ2n) is 6.98. The Morgan fingerprint density at radius 2 is 1.82 bits per heavy atom. The summed E-state index contributed by atoms with van der Waals surface area (Å²) >= 11 is 0. The molecule has 2 unspecified atom stereocenters. The van der Waals surface area contributed by atoms with Crippen LogP contribution < -0.4 is 4.90 Å². The molecule has 1 N–H and O–H groups in total. The molecule has 0 bridgehead atoms. The Hall–Kier alpha value is -2.16. The van der Waals surface area contributed by atoms with Crippen LogP contribution in [0.2, 0.25) is 0 Å². The fourth-order valence-electron chi connectivity index (χ4n) is 4.24. The maximum Gasteiger partial charge on any atom is 0.117 e. The number of allylic oxidation sites excluding steroid dienone is 2. The number of anilines is 1. The Bertz CT molecular complexity index is 742. The van der Waals surface area contributed by atoms with Crippen LogP contribution in [0.5, 0.6) is 5.75 Å². The van der Waals surface area contributed by atoms with Crippen LogP contribution in [0.1, 0.15) is 19.4 Å². The largest absolute Gasteiger partial charge is 0.508 e. The quantitative estimate of drug-likeness (QED) is 0.794. The van der Waals surface area contributed by atoms with E-state index in [4.69, 9.17) is 0 Å². The number of hydrogen-bond donors (Lipinski definition) is 1. The molecular formula is C19H22N2O. The minimum Gasteiger partial charge on any atom is -0.508 e. The summed E-state index contributed by atoms with van der Waals surface area (Å²) in [6.45, 7) is 4.55. The van der Waals surface area contributed by atoms with Crippen LogP contribution in [0.4, 0.5) is 5.69 Å². The minimum absolute atomic E-state index is 0.0840. The highest BCUT2D eigenvalue weighted by molar-refractivity contribution is 5.87. The molecule has 22 heavy (non-hydrogen) atoms. The van der Waals surface area contributed by atoms with Gasteiger partial charge >= 0.3 is 0 Å². The zero-order valence-electron chi connectivity index (χ0n) is 13.5. The number of nitrogens with zero attached hydrogens (tertiary/aromatic N) is 2. The Labute approximate surface area is 131 Å². The summed E-state index contributed by atoms with van der Waals surface area (Å²) in [7, 11) is 4.30. The topological polar surface area (TPSA) is 26.7 Å². The number of hydrogen-bond acceptors (Lipinski definition) is 3. The van der Waals surface area contributed by atoms with Crippen molar-refractivity contribution in [3.8, 4) is 5.75 Å². The molecule has 4 rings (SSSR count). The van der Waals surface area contributed by atoms with Crippen LogP contribution in [-0.4, -0.2) is 35.7 Å².